The summed E-state index contributed by atoms with van der Waals surface area (Å²) in [5.74, 6) is 5.34. The van der Waals surface area contributed by atoms with Gasteiger partial charge in [-0.05, 0) is 31.9 Å². The standard InChI is InChI=1S/C13H21FN2O2/c1-9(2)18-8-11(16-15)7-10-5-4-6-12(17-3)13(10)14/h4-6,9,11,16H,7-8,15H2,1-3H3. The summed E-state index contributed by atoms with van der Waals surface area (Å²) in [6, 6.07) is 4.94. The maximum Gasteiger partial charge on any atom is 0.168 e. The van der Waals surface area contributed by atoms with Gasteiger partial charge in [0.1, 0.15) is 0 Å². The Balaban J connectivity index is 2.69. The second-order valence-corrected chi connectivity index (χ2v) is 4.38. The number of ether oxygens (including phenoxy) is 2. The van der Waals surface area contributed by atoms with E-state index >= 15 is 0 Å². The third-order valence-corrected chi connectivity index (χ3v) is 2.60. The Hall–Kier alpha value is -1.17. The molecule has 0 spiro atoms. The van der Waals surface area contributed by atoms with E-state index in [9.17, 15) is 4.39 Å². The number of hydrogen-bond acceptors (Lipinski definition) is 4. The minimum Gasteiger partial charge on any atom is -0.494 e. The van der Waals surface area contributed by atoms with Gasteiger partial charge in [-0.1, -0.05) is 12.1 Å². The van der Waals surface area contributed by atoms with Crippen molar-refractivity contribution in [2.45, 2.75) is 32.4 Å². The molecule has 0 aliphatic carbocycles. The summed E-state index contributed by atoms with van der Waals surface area (Å²) in [5.41, 5.74) is 3.20. The van der Waals surface area contributed by atoms with Crippen LogP contribution >= 0.6 is 0 Å². The molecule has 0 heterocycles. The van der Waals surface area contributed by atoms with Crippen LogP contribution in [0.4, 0.5) is 4.39 Å². The first kappa shape index (κ1) is 14.9. The van der Waals surface area contributed by atoms with Crippen LogP contribution in [0.15, 0.2) is 18.2 Å². The number of hydrogen-bond donors (Lipinski definition) is 2. The second-order valence-electron chi connectivity index (χ2n) is 4.38. The lowest BCUT2D eigenvalue weighted by atomic mass is 10.1. The molecule has 4 nitrogen and oxygen atoms in total. The molecule has 1 aromatic rings. The predicted molar refractivity (Wildman–Crippen MR) is 68.9 cm³/mol. The van der Waals surface area contributed by atoms with Crippen LogP contribution in [-0.4, -0.2) is 25.9 Å². The van der Waals surface area contributed by atoms with Gasteiger partial charge in [0.15, 0.2) is 11.6 Å². The summed E-state index contributed by atoms with van der Waals surface area (Å²) < 4.78 is 24.3. The van der Waals surface area contributed by atoms with Crippen LogP contribution in [0.1, 0.15) is 19.4 Å². The van der Waals surface area contributed by atoms with Crippen LogP contribution in [0.2, 0.25) is 0 Å². The molecule has 0 aliphatic heterocycles. The maximum atomic E-state index is 13.9. The van der Waals surface area contributed by atoms with Crippen molar-refractivity contribution in [3.63, 3.8) is 0 Å². The average Bonchev–Trinajstić information content (AvgIpc) is 2.36. The third-order valence-electron chi connectivity index (χ3n) is 2.60. The predicted octanol–water partition coefficient (Wildman–Crippen LogP) is 1.63. The van der Waals surface area contributed by atoms with Crippen LogP contribution in [0, 0.1) is 5.82 Å². The SMILES string of the molecule is COc1cccc(CC(COC(C)C)NN)c1F. The van der Waals surface area contributed by atoms with E-state index in [1.54, 1.807) is 18.2 Å². The van der Waals surface area contributed by atoms with Gasteiger partial charge in [0.25, 0.3) is 0 Å². The number of nitrogens with one attached hydrogen (secondary N) is 1. The van der Waals surface area contributed by atoms with E-state index in [0.29, 0.717) is 18.6 Å². The van der Waals surface area contributed by atoms with Gasteiger partial charge < -0.3 is 9.47 Å². The highest BCUT2D eigenvalue weighted by Crippen LogP contribution is 2.21. The van der Waals surface area contributed by atoms with Crippen LogP contribution < -0.4 is 16.0 Å². The third kappa shape index (κ3) is 4.25. The van der Waals surface area contributed by atoms with Gasteiger partial charge >= 0.3 is 0 Å². The Morgan fingerprint density at radius 2 is 2.11 bits per heavy atom. The van der Waals surface area contributed by atoms with E-state index in [-0.39, 0.29) is 23.7 Å². The van der Waals surface area contributed by atoms with Gasteiger partial charge in [-0.3, -0.25) is 11.3 Å². The Morgan fingerprint density at radius 1 is 1.39 bits per heavy atom. The second kappa shape index (κ2) is 7.31. The van der Waals surface area contributed by atoms with Crippen molar-refractivity contribution in [1.29, 1.82) is 0 Å². The van der Waals surface area contributed by atoms with Gasteiger partial charge in [-0.2, -0.15) is 0 Å². The number of hydrazine groups is 1. The summed E-state index contributed by atoms with van der Waals surface area (Å²) in [7, 11) is 1.45. The van der Waals surface area contributed by atoms with Crippen LogP contribution in [0.5, 0.6) is 5.75 Å². The molecule has 0 aromatic heterocycles. The summed E-state index contributed by atoms with van der Waals surface area (Å²) in [4.78, 5) is 0. The number of benzene rings is 1. The normalized spacial score (nSPS) is 12.8. The summed E-state index contributed by atoms with van der Waals surface area (Å²) in [6.45, 7) is 4.32. The number of methoxy groups -OCH3 is 1. The van der Waals surface area contributed by atoms with Crippen molar-refractivity contribution in [2.24, 2.45) is 5.84 Å². The fourth-order valence-electron chi connectivity index (χ4n) is 1.61. The van der Waals surface area contributed by atoms with Crippen molar-refractivity contribution < 1.29 is 13.9 Å². The highest BCUT2D eigenvalue weighted by atomic mass is 19.1. The highest BCUT2D eigenvalue weighted by Gasteiger charge is 2.14. The average molecular weight is 256 g/mol. The Morgan fingerprint density at radius 3 is 2.67 bits per heavy atom. The molecule has 1 unspecified atom stereocenters. The van der Waals surface area contributed by atoms with Crippen molar-refractivity contribution in [3.05, 3.63) is 29.6 Å². The van der Waals surface area contributed by atoms with Gasteiger partial charge in [0, 0.05) is 6.04 Å². The molecule has 1 rings (SSSR count). The molecule has 0 radical (unpaired) electrons. The summed E-state index contributed by atoms with van der Waals surface area (Å²) >= 11 is 0. The van der Waals surface area contributed by atoms with Gasteiger partial charge in [-0.15, -0.1) is 0 Å². The first-order valence-electron chi connectivity index (χ1n) is 5.97. The first-order valence-corrected chi connectivity index (χ1v) is 5.97. The molecule has 3 N–H and O–H groups in total. The molecule has 0 aliphatic rings. The molecular weight excluding hydrogens is 235 g/mol. The molecule has 0 amide bonds. The van der Waals surface area contributed by atoms with E-state index in [2.05, 4.69) is 5.43 Å². The van der Waals surface area contributed by atoms with Gasteiger partial charge in [0.2, 0.25) is 0 Å². The maximum absolute atomic E-state index is 13.9. The van der Waals surface area contributed by atoms with E-state index in [1.807, 2.05) is 13.8 Å². The molecule has 0 saturated heterocycles. The molecule has 0 fully saturated rings. The lowest BCUT2D eigenvalue weighted by Gasteiger charge is -2.18. The number of halogens is 1. The number of nitrogens with two attached hydrogens (primary N) is 1. The molecule has 0 bridgehead atoms. The van der Waals surface area contributed by atoms with Crippen molar-refractivity contribution in [3.8, 4) is 5.75 Å². The summed E-state index contributed by atoms with van der Waals surface area (Å²) in [5, 5.41) is 0. The minimum absolute atomic E-state index is 0.121. The van der Waals surface area contributed by atoms with E-state index in [0.717, 1.165) is 0 Å². The van der Waals surface area contributed by atoms with E-state index < -0.39 is 0 Å². The van der Waals surface area contributed by atoms with Gasteiger partial charge in [0.05, 0.1) is 19.8 Å². The zero-order chi connectivity index (χ0) is 13.5. The van der Waals surface area contributed by atoms with E-state index in [1.165, 1.54) is 7.11 Å². The lowest BCUT2D eigenvalue weighted by molar-refractivity contribution is 0.0611. The molecule has 1 atom stereocenters. The quantitative estimate of drug-likeness (QED) is 0.575. The lowest BCUT2D eigenvalue weighted by Crippen LogP contribution is -2.41. The molecular formula is C13H21FN2O2. The largest absolute Gasteiger partial charge is 0.494 e. The zero-order valence-electron chi connectivity index (χ0n) is 11.1. The molecule has 0 saturated carbocycles. The topological polar surface area (TPSA) is 56.5 Å². The Labute approximate surface area is 107 Å². The fourth-order valence-corrected chi connectivity index (χ4v) is 1.61. The minimum atomic E-state index is -0.343. The van der Waals surface area contributed by atoms with Crippen LogP contribution in [0.25, 0.3) is 0 Å². The van der Waals surface area contributed by atoms with Crippen LogP contribution in [-0.2, 0) is 11.2 Å². The van der Waals surface area contributed by atoms with Crippen LogP contribution in [0.3, 0.4) is 0 Å². The highest BCUT2D eigenvalue weighted by molar-refractivity contribution is 5.31. The van der Waals surface area contributed by atoms with Crippen molar-refractivity contribution in [2.75, 3.05) is 13.7 Å². The number of rotatable bonds is 7. The summed E-state index contributed by atoms with van der Waals surface area (Å²) in [6.07, 6.45) is 0.572. The monoisotopic (exact) mass is 256 g/mol. The molecule has 1 aromatic carbocycles. The van der Waals surface area contributed by atoms with Crippen molar-refractivity contribution in [1.82, 2.24) is 5.43 Å². The molecule has 102 valence electrons. The Bertz CT molecular complexity index is 372. The zero-order valence-corrected chi connectivity index (χ0v) is 11.1. The first-order chi connectivity index (χ1) is 8.58. The Kier molecular flexibility index (Phi) is 6.04. The smallest absolute Gasteiger partial charge is 0.168 e. The molecule has 18 heavy (non-hydrogen) atoms. The fraction of sp³-hybridized carbons (Fsp3) is 0.538. The van der Waals surface area contributed by atoms with Gasteiger partial charge in [-0.25, -0.2) is 4.39 Å². The van der Waals surface area contributed by atoms with Crippen molar-refractivity contribution >= 4 is 0 Å². The molecule has 5 heteroatoms. The van der Waals surface area contributed by atoms with E-state index in [4.69, 9.17) is 15.3 Å².